The summed E-state index contributed by atoms with van der Waals surface area (Å²) in [4.78, 5) is 14.1. The molecule has 2 aliphatic heterocycles. The van der Waals surface area contributed by atoms with Crippen molar-refractivity contribution in [2.45, 2.75) is 37.1 Å². The van der Waals surface area contributed by atoms with E-state index in [1.54, 1.807) is 0 Å². The molecule has 8 heteroatoms. The van der Waals surface area contributed by atoms with Crippen molar-refractivity contribution in [2.75, 3.05) is 26.2 Å². The van der Waals surface area contributed by atoms with E-state index < -0.39 is 15.8 Å². The van der Waals surface area contributed by atoms with Gasteiger partial charge < -0.3 is 9.64 Å². The van der Waals surface area contributed by atoms with Gasteiger partial charge in [-0.15, -0.1) is 0 Å². The van der Waals surface area contributed by atoms with Gasteiger partial charge in [0.25, 0.3) is 0 Å². The number of fused-ring (bicyclic) bond motifs is 1. The smallest absolute Gasteiger partial charge is 0.243 e. The summed E-state index contributed by atoms with van der Waals surface area (Å²) in [6, 6.07) is 10.7. The van der Waals surface area contributed by atoms with Crippen molar-refractivity contribution in [1.29, 1.82) is 0 Å². The molecule has 0 saturated carbocycles. The summed E-state index contributed by atoms with van der Waals surface area (Å²) in [6.45, 7) is 2.21. The predicted octanol–water partition coefficient (Wildman–Crippen LogP) is 2.96. The predicted molar refractivity (Wildman–Crippen MR) is 110 cm³/mol. The molecule has 2 heterocycles. The monoisotopic (exact) mass is 432 g/mol. The third kappa shape index (κ3) is 4.49. The van der Waals surface area contributed by atoms with Crippen LogP contribution in [-0.4, -0.2) is 49.8 Å². The second-order valence-electron chi connectivity index (χ2n) is 7.67. The average Bonchev–Trinajstić information content (AvgIpc) is 3.18. The molecular formula is C22H25FN2O4S. The van der Waals surface area contributed by atoms with Crippen LogP contribution in [0.25, 0.3) is 0 Å². The summed E-state index contributed by atoms with van der Waals surface area (Å²) in [5.41, 5.74) is 1.72. The number of hydrogen-bond donors (Lipinski definition) is 0. The maximum atomic E-state index is 13.6. The molecular weight excluding hydrogens is 407 g/mol. The van der Waals surface area contributed by atoms with Crippen LogP contribution in [0.4, 0.5) is 4.39 Å². The van der Waals surface area contributed by atoms with Gasteiger partial charge in [-0.3, -0.25) is 4.79 Å². The number of carbonyl (C=O) groups excluding carboxylic acids is 1. The number of sulfonamides is 1. The number of halogens is 1. The molecule has 0 bridgehead atoms. The van der Waals surface area contributed by atoms with Crippen LogP contribution in [0.2, 0.25) is 0 Å². The first-order valence-electron chi connectivity index (χ1n) is 10.2. The molecule has 0 radical (unpaired) electrons. The van der Waals surface area contributed by atoms with Crippen LogP contribution in [0.15, 0.2) is 47.4 Å². The van der Waals surface area contributed by atoms with Crippen LogP contribution < -0.4 is 4.74 Å². The quantitative estimate of drug-likeness (QED) is 0.729. The minimum atomic E-state index is -3.85. The van der Waals surface area contributed by atoms with E-state index in [4.69, 9.17) is 4.74 Å². The van der Waals surface area contributed by atoms with Gasteiger partial charge in [-0.05, 0) is 49.1 Å². The van der Waals surface area contributed by atoms with Crippen LogP contribution in [0.1, 0.15) is 30.4 Å². The van der Waals surface area contributed by atoms with Gasteiger partial charge in [-0.1, -0.05) is 18.2 Å². The zero-order chi connectivity index (χ0) is 21.1. The largest absolute Gasteiger partial charge is 0.492 e. The third-order valence-corrected chi connectivity index (χ3v) is 7.43. The van der Waals surface area contributed by atoms with E-state index in [2.05, 4.69) is 0 Å². The lowest BCUT2D eigenvalue weighted by molar-refractivity contribution is -0.130. The summed E-state index contributed by atoms with van der Waals surface area (Å²) >= 11 is 0. The number of amides is 1. The number of likely N-dealkylation sites (tertiary alicyclic amines) is 1. The highest BCUT2D eigenvalue weighted by molar-refractivity contribution is 7.89. The first-order valence-corrected chi connectivity index (χ1v) is 11.7. The van der Waals surface area contributed by atoms with E-state index in [1.807, 2.05) is 23.1 Å². The average molecular weight is 433 g/mol. The lowest BCUT2D eigenvalue weighted by atomic mass is 10.0. The zero-order valence-corrected chi connectivity index (χ0v) is 17.5. The first-order chi connectivity index (χ1) is 14.4. The summed E-state index contributed by atoms with van der Waals surface area (Å²) < 4.78 is 46.6. The highest BCUT2D eigenvalue weighted by Gasteiger charge is 2.28. The van der Waals surface area contributed by atoms with Gasteiger partial charge in [-0.2, -0.15) is 4.31 Å². The molecule has 4 rings (SSSR count). The van der Waals surface area contributed by atoms with Crippen LogP contribution in [0.5, 0.6) is 5.75 Å². The fraction of sp³-hybridized carbons (Fsp3) is 0.409. The van der Waals surface area contributed by atoms with E-state index in [9.17, 15) is 17.6 Å². The number of nitrogens with zero attached hydrogens (tertiary/aromatic N) is 2. The van der Waals surface area contributed by atoms with Crippen molar-refractivity contribution in [3.63, 3.8) is 0 Å². The molecule has 0 spiro atoms. The normalized spacial score (nSPS) is 17.3. The summed E-state index contributed by atoms with van der Waals surface area (Å²) in [6.07, 6.45) is 3.17. The van der Waals surface area contributed by atoms with Crippen molar-refractivity contribution in [1.82, 2.24) is 9.21 Å². The molecule has 2 aromatic rings. The van der Waals surface area contributed by atoms with E-state index in [0.717, 1.165) is 43.1 Å². The molecule has 2 aliphatic rings. The highest BCUT2D eigenvalue weighted by atomic mass is 32.2. The minimum Gasteiger partial charge on any atom is -0.492 e. The number of ether oxygens (including phenoxy) is 1. The van der Waals surface area contributed by atoms with Crippen molar-refractivity contribution in [3.8, 4) is 5.75 Å². The Hall–Kier alpha value is -2.45. The Balaban J connectivity index is 1.50. The Labute approximate surface area is 176 Å². The SMILES string of the molecule is O=C(CCc1ccc2c(c1)CN(S(=O)(=O)c1cccc(F)c1)CCO2)N1CCCC1. The van der Waals surface area contributed by atoms with Crippen LogP contribution in [-0.2, 0) is 27.8 Å². The third-order valence-electron chi connectivity index (χ3n) is 5.59. The molecule has 0 unspecified atom stereocenters. The van der Waals surface area contributed by atoms with Crippen molar-refractivity contribution < 1.29 is 22.3 Å². The van der Waals surface area contributed by atoms with Crippen molar-refractivity contribution in [3.05, 3.63) is 59.4 Å². The van der Waals surface area contributed by atoms with E-state index in [0.29, 0.717) is 18.6 Å². The van der Waals surface area contributed by atoms with E-state index in [-0.39, 0.29) is 30.5 Å². The van der Waals surface area contributed by atoms with Gasteiger partial charge in [0.2, 0.25) is 15.9 Å². The fourth-order valence-corrected chi connectivity index (χ4v) is 5.37. The van der Waals surface area contributed by atoms with Gasteiger partial charge in [0, 0.05) is 38.2 Å². The molecule has 160 valence electrons. The van der Waals surface area contributed by atoms with Gasteiger partial charge >= 0.3 is 0 Å². The molecule has 6 nitrogen and oxygen atoms in total. The maximum absolute atomic E-state index is 13.6. The number of benzene rings is 2. The zero-order valence-electron chi connectivity index (χ0n) is 16.7. The van der Waals surface area contributed by atoms with Gasteiger partial charge in [0.1, 0.15) is 18.2 Å². The maximum Gasteiger partial charge on any atom is 0.243 e. The lowest BCUT2D eigenvalue weighted by Crippen LogP contribution is -2.32. The van der Waals surface area contributed by atoms with Crippen molar-refractivity contribution >= 4 is 15.9 Å². The lowest BCUT2D eigenvalue weighted by Gasteiger charge is -2.20. The van der Waals surface area contributed by atoms with Crippen LogP contribution in [0.3, 0.4) is 0 Å². The Bertz CT molecular complexity index is 1040. The summed E-state index contributed by atoms with van der Waals surface area (Å²) in [7, 11) is -3.85. The molecule has 0 N–H and O–H groups in total. The van der Waals surface area contributed by atoms with Gasteiger partial charge in [0.05, 0.1) is 4.90 Å². The van der Waals surface area contributed by atoms with E-state index >= 15 is 0 Å². The molecule has 0 atom stereocenters. The Kier molecular flexibility index (Phi) is 6.06. The number of hydrogen-bond acceptors (Lipinski definition) is 4. The minimum absolute atomic E-state index is 0.0710. The molecule has 1 saturated heterocycles. The first kappa shape index (κ1) is 20.8. The molecule has 0 aliphatic carbocycles. The molecule has 1 fully saturated rings. The summed E-state index contributed by atoms with van der Waals surface area (Å²) in [5, 5.41) is 0. The number of carbonyl (C=O) groups is 1. The number of rotatable bonds is 5. The standard InChI is InChI=1S/C22H25FN2O4S/c23-19-4-3-5-20(15-19)30(27,28)25-12-13-29-21-8-6-17(14-18(21)16-25)7-9-22(26)24-10-1-2-11-24/h3-6,8,14-15H,1-2,7,9-13,16H2. The Morgan fingerprint density at radius 2 is 1.87 bits per heavy atom. The number of aryl methyl sites for hydroxylation is 1. The fourth-order valence-electron chi connectivity index (χ4n) is 3.94. The molecule has 0 aromatic heterocycles. The van der Waals surface area contributed by atoms with Crippen LogP contribution in [0, 0.1) is 5.82 Å². The summed E-state index contributed by atoms with van der Waals surface area (Å²) in [5.74, 6) is 0.211. The Morgan fingerprint density at radius 3 is 2.63 bits per heavy atom. The Morgan fingerprint density at radius 1 is 1.07 bits per heavy atom. The molecule has 1 amide bonds. The van der Waals surface area contributed by atoms with Crippen LogP contribution >= 0.6 is 0 Å². The molecule has 2 aromatic carbocycles. The topological polar surface area (TPSA) is 66.9 Å². The highest BCUT2D eigenvalue weighted by Crippen LogP contribution is 2.28. The van der Waals surface area contributed by atoms with Gasteiger partial charge in [-0.25, -0.2) is 12.8 Å². The second kappa shape index (κ2) is 8.73. The van der Waals surface area contributed by atoms with Crippen molar-refractivity contribution in [2.24, 2.45) is 0 Å². The second-order valence-corrected chi connectivity index (χ2v) is 9.61. The molecule has 30 heavy (non-hydrogen) atoms. The van der Waals surface area contributed by atoms with Gasteiger partial charge in [0.15, 0.2) is 0 Å². The van der Waals surface area contributed by atoms with E-state index in [1.165, 1.54) is 22.5 Å².